The van der Waals surface area contributed by atoms with Crippen LogP contribution in [0.1, 0.15) is 23.0 Å². The topological polar surface area (TPSA) is 87.7 Å². The van der Waals surface area contributed by atoms with Crippen molar-refractivity contribution in [2.75, 3.05) is 6.61 Å². The van der Waals surface area contributed by atoms with Gasteiger partial charge in [-0.25, -0.2) is 9.48 Å². The summed E-state index contributed by atoms with van der Waals surface area (Å²) in [7, 11) is 1.60. The number of pyridine rings is 1. The molecule has 3 rings (SSSR count). The highest BCUT2D eigenvalue weighted by Gasteiger charge is 2.22. The third kappa shape index (κ3) is 3.25. The van der Waals surface area contributed by atoms with E-state index in [1.807, 2.05) is 0 Å². The maximum Gasteiger partial charge on any atom is 0.359 e. The zero-order valence-corrected chi connectivity index (χ0v) is 15.6. The first kappa shape index (κ1) is 18.2. The van der Waals surface area contributed by atoms with Crippen LogP contribution in [0, 0.1) is 6.92 Å². The second kappa shape index (κ2) is 6.97. The Morgan fingerprint density at radius 3 is 2.73 bits per heavy atom. The fourth-order valence-corrected chi connectivity index (χ4v) is 2.92. The number of aryl methyl sites for hydroxylation is 1. The van der Waals surface area contributed by atoms with E-state index in [1.165, 1.54) is 27.4 Å². The minimum atomic E-state index is -0.556. The van der Waals surface area contributed by atoms with Gasteiger partial charge in [0.15, 0.2) is 11.3 Å². The number of halogens is 2. The first-order chi connectivity index (χ1) is 12.3. The van der Waals surface area contributed by atoms with Gasteiger partial charge in [-0.2, -0.15) is 10.1 Å². The van der Waals surface area contributed by atoms with Crippen LogP contribution in [0.3, 0.4) is 0 Å². The molecule has 10 heteroatoms. The lowest BCUT2D eigenvalue weighted by Gasteiger charge is -2.08. The van der Waals surface area contributed by atoms with E-state index in [4.69, 9.17) is 32.7 Å². The number of hydrogen-bond donors (Lipinski definition) is 0. The molecule has 0 unspecified atom stereocenters. The molecule has 0 aliphatic heterocycles. The summed E-state index contributed by atoms with van der Waals surface area (Å²) in [6.07, 6.45) is 1.41. The standard InChI is InChI=1S/C16H14Cl2N4O4/c1-4-25-16(24)13-8(2)15(21(3)20-13)26-11-6-12(23)22-7-9(17)5-10(18)14(22)19-11/h5-7H,4H2,1-3H3. The van der Waals surface area contributed by atoms with Crippen molar-refractivity contribution >= 4 is 34.8 Å². The van der Waals surface area contributed by atoms with Gasteiger partial charge in [-0.1, -0.05) is 23.2 Å². The molecule has 0 fully saturated rings. The lowest BCUT2D eigenvalue weighted by Crippen LogP contribution is -2.14. The molecule has 0 spiro atoms. The van der Waals surface area contributed by atoms with Gasteiger partial charge < -0.3 is 9.47 Å². The maximum atomic E-state index is 12.3. The molecule has 26 heavy (non-hydrogen) atoms. The molecule has 3 aromatic heterocycles. The second-order valence-electron chi connectivity index (χ2n) is 5.36. The predicted octanol–water partition coefficient (Wildman–Crippen LogP) is 3.01. The van der Waals surface area contributed by atoms with Crippen LogP contribution in [0.15, 0.2) is 23.1 Å². The largest absolute Gasteiger partial charge is 0.461 e. The van der Waals surface area contributed by atoms with E-state index >= 15 is 0 Å². The van der Waals surface area contributed by atoms with Crippen molar-refractivity contribution in [3.05, 3.63) is 50.0 Å². The fourth-order valence-electron chi connectivity index (χ4n) is 2.41. The monoisotopic (exact) mass is 396 g/mol. The molecule has 3 heterocycles. The van der Waals surface area contributed by atoms with E-state index in [0.29, 0.717) is 10.6 Å². The van der Waals surface area contributed by atoms with E-state index in [2.05, 4.69) is 10.1 Å². The average Bonchev–Trinajstić information content (AvgIpc) is 2.84. The summed E-state index contributed by atoms with van der Waals surface area (Å²) in [6.45, 7) is 3.60. The van der Waals surface area contributed by atoms with E-state index in [1.54, 1.807) is 20.9 Å². The Kier molecular flexibility index (Phi) is 4.88. The molecule has 0 amide bonds. The van der Waals surface area contributed by atoms with Gasteiger partial charge >= 0.3 is 5.97 Å². The highest BCUT2D eigenvalue weighted by atomic mass is 35.5. The molecule has 136 valence electrons. The van der Waals surface area contributed by atoms with Crippen LogP contribution in [0.25, 0.3) is 5.65 Å². The number of nitrogens with zero attached hydrogens (tertiary/aromatic N) is 4. The predicted molar refractivity (Wildman–Crippen MR) is 95.5 cm³/mol. The van der Waals surface area contributed by atoms with Crippen LogP contribution in [-0.4, -0.2) is 31.7 Å². The van der Waals surface area contributed by atoms with E-state index in [0.717, 1.165) is 0 Å². The third-order valence-electron chi connectivity index (χ3n) is 3.55. The minimum absolute atomic E-state index is 0.0146. The molecule has 0 saturated carbocycles. The van der Waals surface area contributed by atoms with Crippen LogP contribution < -0.4 is 10.3 Å². The molecule has 3 aromatic rings. The first-order valence-corrected chi connectivity index (χ1v) is 8.34. The lowest BCUT2D eigenvalue weighted by atomic mass is 10.2. The van der Waals surface area contributed by atoms with E-state index in [-0.39, 0.29) is 34.7 Å². The van der Waals surface area contributed by atoms with Crippen LogP contribution in [0.4, 0.5) is 0 Å². The molecule has 0 N–H and O–H groups in total. The van der Waals surface area contributed by atoms with Gasteiger partial charge in [0, 0.05) is 18.8 Å². The van der Waals surface area contributed by atoms with E-state index in [9.17, 15) is 9.59 Å². The van der Waals surface area contributed by atoms with Crippen LogP contribution in [-0.2, 0) is 11.8 Å². The van der Waals surface area contributed by atoms with Gasteiger partial charge in [-0.05, 0) is 19.9 Å². The number of fused-ring (bicyclic) bond motifs is 1. The summed E-state index contributed by atoms with van der Waals surface area (Å²) in [4.78, 5) is 28.5. The van der Waals surface area contributed by atoms with Gasteiger partial charge in [0.25, 0.3) is 5.56 Å². The Balaban J connectivity index is 2.05. The highest BCUT2D eigenvalue weighted by Crippen LogP contribution is 2.27. The van der Waals surface area contributed by atoms with Crippen molar-refractivity contribution in [3.8, 4) is 11.8 Å². The smallest absolute Gasteiger partial charge is 0.359 e. The second-order valence-corrected chi connectivity index (χ2v) is 6.20. The Hall–Kier alpha value is -2.58. The van der Waals surface area contributed by atoms with Gasteiger partial charge in [-0.3, -0.25) is 9.20 Å². The first-order valence-electron chi connectivity index (χ1n) is 7.58. The molecule has 0 saturated heterocycles. The van der Waals surface area contributed by atoms with Crippen LogP contribution in [0.5, 0.6) is 11.8 Å². The maximum absolute atomic E-state index is 12.3. The van der Waals surface area contributed by atoms with Crippen molar-refractivity contribution in [3.63, 3.8) is 0 Å². The highest BCUT2D eigenvalue weighted by molar-refractivity contribution is 6.36. The number of rotatable bonds is 4. The molecule has 0 aromatic carbocycles. The molecular weight excluding hydrogens is 383 g/mol. The summed E-state index contributed by atoms with van der Waals surface area (Å²) in [6, 6.07) is 2.67. The quantitative estimate of drug-likeness (QED) is 0.629. The normalized spacial score (nSPS) is 11.0. The number of hydrogen-bond acceptors (Lipinski definition) is 6. The van der Waals surface area contributed by atoms with E-state index < -0.39 is 11.5 Å². The summed E-state index contributed by atoms with van der Waals surface area (Å²) in [5, 5.41) is 4.61. The number of carbonyl (C=O) groups is 1. The Labute approximate surface area is 157 Å². The van der Waals surface area contributed by atoms with Gasteiger partial charge in [0.2, 0.25) is 11.8 Å². The molecule has 0 bridgehead atoms. The number of carbonyl (C=O) groups excluding carboxylic acids is 1. The zero-order valence-electron chi connectivity index (χ0n) is 14.1. The SMILES string of the molecule is CCOC(=O)c1nn(C)c(Oc2cc(=O)n3cc(Cl)cc(Cl)c3n2)c1C. The summed E-state index contributed by atoms with van der Waals surface area (Å²) in [5.41, 5.74) is 0.380. The van der Waals surface area contributed by atoms with Gasteiger partial charge in [-0.15, -0.1) is 0 Å². The molecule has 8 nitrogen and oxygen atoms in total. The van der Waals surface area contributed by atoms with Crippen molar-refractivity contribution in [1.29, 1.82) is 0 Å². The Morgan fingerprint density at radius 1 is 1.31 bits per heavy atom. The molecule has 0 atom stereocenters. The zero-order chi connectivity index (χ0) is 19.0. The number of esters is 1. The fraction of sp³-hybridized carbons (Fsp3) is 0.250. The molecule has 0 radical (unpaired) electrons. The van der Waals surface area contributed by atoms with Crippen LogP contribution in [0.2, 0.25) is 10.0 Å². The van der Waals surface area contributed by atoms with Gasteiger partial charge in [0.05, 0.1) is 22.7 Å². The lowest BCUT2D eigenvalue weighted by molar-refractivity contribution is 0.0517. The van der Waals surface area contributed by atoms with Crippen molar-refractivity contribution in [2.24, 2.45) is 7.05 Å². The number of aromatic nitrogens is 4. The summed E-state index contributed by atoms with van der Waals surface area (Å²) < 4.78 is 13.3. The number of ether oxygens (including phenoxy) is 2. The van der Waals surface area contributed by atoms with Crippen molar-refractivity contribution < 1.29 is 14.3 Å². The minimum Gasteiger partial charge on any atom is -0.461 e. The third-order valence-corrected chi connectivity index (χ3v) is 4.03. The molecular formula is C16H14Cl2N4O4. The van der Waals surface area contributed by atoms with Crippen molar-refractivity contribution in [2.45, 2.75) is 13.8 Å². The summed E-state index contributed by atoms with van der Waals surface area (Å²) >= 11 is 12.0. The Morgan fingerprint density at radius 2 is 2.04 bits per heavy atom. The molecule has 0 aliphatic rings. The van der Waals surface area contributed by atoms with Crippen molar-refractivity contribution in [1.82, 2.24) is 19.2 Å². The van der Waals surface area contributed by atoms with Gasteiger partial charge in [0.1, 0.15) is 0 Å². The Bertz CT molecular complexity index is 1070. The summed E-state index contributed by atoms with van der Waals surface area (Å²) in [5.74, 6) is -0.283. The molecule has 0 aliphatic carbocycles. The average molecular weight is 397 g/mol. The van der Waals surface area contributed by atoms with Crippen LogP contribution >= 0.6 is 23.2 Å².